The fourth-order valence-corrected chi connectivity index (χ4v) is 4.64. The lowest BCUT2D eigenvalue weighted by atomic mass is 9.97. The first-order chi connectivity index (χ1) is 15.6. The van der Waals surface area contributed by atoms with Crippen molar-refractivity contribution in [3.05, 3.63) is 65.5 Å². The fraction of sp³-hybridized carbons (Fsp3) is 0.440. The number of hydrogen-bond acceptors (Lipinski definition) is 5. The molecule has 32 heavy (non-hydrogen) atoms. The largest absolute Gasteiger partial charge is 0.487 e. The molecule has 0 saturated carbocycles. The Morgan fingerprint density at radius 2 is 1.50 bits per heavy atom. The SMILES string of the molecule is COC(=O)c1ccccc1C(=O)N1CCC(N2CCC(Oc3ccccc3F)CC2)CC1. The van der Waals surface area contributed by atoms with E-state index in [-0.39, 0.29) is 17.8 Å². The van der Waals surface area contributed by atoms with Crippen molar-refractivity contribution in [1.29, 1.82) is 0 Å². The quantitative estimate of drug-likeness (QED) is 0.663. The van der Waals surface area contributed by atoms with Gasteiger partial charge in [-0.1, -0.05) is 24.3 Å². The molecule has 2 aromatic carbocycles. The minimum absolute atomic E-state index is 0.0274. The summed E-state index contributed by atoms with van der Waals surface area (Å²) < 4.78 is 24.5. The van der Waals surface area contributed by atoms with Crippen molar-refractivity contribution in [3.8, 4) is 5.75 Å². The van der Waals surface area contributed by atoms with Gasteiger partial charge in [0, 0.05) is 32.2 Å². The van der Waals surface area contributed by atoms with E-state index in [1.807, 2.05) is 4.90 Å². The Kier molecular flexibility index (Phi) is 7.05. The Balaban J connectivity index is 1.28. The number of piperidine rings is 2. The topological polar surface area (TPSA) is 59.1 Å². The average molecular weight is 441 g/mol. The molecule has 2 saturated heterocycles. The number of carbonyl (C=O) groups excluding carboxylic acids is 2. The lowest BCUT2D eigenvalue weighted by Crippen LogP contribution is -2.50. The van der Waals surface area contributed by atoms with Gasteiger partial charge in [0.2, 0.25) is 0 Å². The van der Waals surface area contributed by atoms with E-state index in [2.05, 4.69) is 4.90 Å². The molecule has 0 unspecified atom stereocenters. The highest BCUT2D eigenvalue weighted by Gasteiger charge is 2.31. The lowest BCUT2D eigenvalue weighted by molar-refractivity contribution is 0.0412. The maximum Gasteiger partial charge on any atom is 0.338 e. The number of amides is 1. The first-order valence-corrected chi connectivity index (χ1v) is 11.2. The van der Waals surface area contributed by atoms with Crippen molar-refractivity contribution in [2.45, 2.75) is 37.8 Å². The monoisotopic (exact) mass is 440 g/mol. The van der Waals surface area contributed by atoms with E-state index in [1.165, 1.54) is 13.2 Å². The molecule has 2 aliphatic heterocycles. The number of methoxy groups -OCH3 is 1. The Hall–Kier alpha value is -2.93. The Bertz CT molecular complexity index is 950. The van der Waals surface area contributed by atoms with Crippen molar-refractivity contribution < 1.29 is 23.5 Å². The molecule has 0 N–H and O–H groups in total. The molecule has 0 atom stereocenters. The molecule has 7 heteroatoms. The second-order valence-corrected chi connectivity index (χ2v) is 8.34. The maximum atomic E-state index is 13.8. The number of carbonyl (C=O) groups is 2. The van der Waals surface area contributed by atoms with Crippen LogP contribution in [-0.4, -0.2) is 67.1 Å². The Morgan fingerprint density at radius 3 is 2.16 bits per heavy atom. The van der Waals surface area contributed by atoms with Gasteiger partial charge >= 0.3 is 5.97 Å². The van der Waals surface area contributed by atoms with Crippen LogP contribution in [0.5, 0.6) is 5.75 Å². The van der Waals surface area contributed by atoms with Crippen molar-refractivity contribution in [1.82, 2.24) is 9.80 Å². The smallest absolute Gasteiger partial charge is 0.338 e. The van der Waals surface area contributed by atoms with Crippen LogP contribution in [0.4, 0.5) is 4.39 Å². The number of esters is 1. The highest BCUT2D eigenvalue weighted by atomic mass is 19.1. The van der Waals surface area contributed by atoms with Crippen molar-refractivity contribution in [3.63, 3.8) is 0 Å². The number of rotatable bonds is 5. The Labute approximate surface area is 187 Å². The van der Waals surface area contributed by atoms with Gasteiger partial charge in [-0.2, -0.15) is 0 Å². The van der Waals surface area contributed by atoms with Crippen molar-refractivity contribution in [2.75, 3.05) is 33.3 Å². The summed E-state index contributed by atoms with van der Waals surface area (Å²) in [7, 11) is 1.32. The molecular weight excluding hydrogens is 411 g/mol. The van der Waals surface area contributed by atoms with Gasteiger partial charge in [0.05, 0.1) is 18.2 Å². The molecule has 0 aromatic heterocycles. The van der Waals surface area contributed by atoms with E-state index in [1.54, 1.807) is 42.5 Å². The van der Waals surface area contributed by atoms with Crippen LogP contribution >= 0.6 is 0 Å². The molecule has 2 fully saturated rings. The first-order valence-electron chi connectivity index (χ1n) is 11.2. The van der Waals surface area contributed by atoms with E-state index in [4.69, 9.17) is 9.47 Å². The van der Waals surface area contributed by atoms with Gasteiger partial charge in [-0.3, -0.25) is 9.69 Å². The van der Waals surface area contributed by atoms with Crippen LogP contribution in [-0.2, 0) is 4.74 Å². The third kappa shape index (κ3) is 4.93. The second-order valence-electron chi connectivity index (χ2n) is 8.34. The van der Waals surface area contributed by atoms with Gasteiger partial charge < -0.3 is 14.4 Å². The fourth-order valence-electron chi connectivity index (χ4n) is 4.64. The van der Waals surface area contributed by atoms with Crippen LogP contribution in [0.25, 0.3) is 0 Å². The molecule has 2 heterocycles. The summed E-state index contributed by atoms with van der Waals surface area (Å²) in [5, 5.41) is 0. The number of benzene rings is 2. The molecule has 4 rings (SSSR count). The lowest BCUT2D eigenvalue weighted by Gasteiger charge is -2.41. The summed E-state index contributed by atoms with van der Waals surface area (Å²) >= 11 is 0. The number of para-hydroxylation sites is 1. The predicted octanol–water partition coefficient (Wildman–Crippen LogP) is 3.76. The molecule has 0 bridgehead atoms. The van der Waals surface area contributed by atoms with E-state index in [0.29, 0.717) is 36.0 Å². The number of halogens is 1. The summed E-state index contributed by atoms with van der Waals surface area (Å²) in [5.41, 5.74) is 0.697. The summed E-state index contributed by atoms with van der Waals surface area (Å²) in [6.07, 6.45) is 3.54. The summed E-state index contributed by atoms with van der Waals surface area (Å²) in [4.78, 5) is 29.3. The number of hydrogen-bond donors (Lipinski definition) is 0. The van der Waals surface area contributed by atoms with Crippen molar-refractivity contribution >= 4 is 11.9 Å². The third-order valence-corrected chi connectivity index (χ3v) is 6.44. The molecule has 2 aromatic rings. The van der Waals surface area contributed by atoms with E-state index in [0.717, 1.165) is 38.8 Å². The Morgan fingerprint density at radius 1 is 0.875 bits per heavy atom. The maximum absolute atomic E-state index is 13.8. The second kappa shape index (κ2) is 10.1. The van der Waals surface area contributed by atoms with Crippen LogP contribution in [0.2, 0.25) is 0 Å². The molecule has 2 aliphatic rings. The van der Waals surface area contributed by atoms with Gasteiger partial charge in [0.25, 0.3) is 5.91 Å². The summed E-state index contributed by atoms with van der Waals surface area (Å²) in [6.45, 7) is 3.13. The molecule has 1 amide bonds. The molecule has 0 spiro atoms. The van der Waals surface area contributed by atoms with Gasteiger partial charge in [-0.15, -0.1) is 0 Å². The van der Waals surface area contributed by atoms with Crippen molar-refractivity contribution in [2.24, 2.45) is 0 Å². The molecular formula is C25H29FN2O4. The summed E-state index contributed by atoms with van der Waals surface area (Å²) in [5.74, 6) is -0.614. The first kappa shape index (κ1) is 22.3. The molecule has 170 valence electrons. The zero-order valence-electron chi connectivity index (χ0n) is 18.3. The van der Waals surface area contributed by atoms with Gasteiger partial charge in [0.1, 0.15) is 6.10 Å². The average Bonchev–Trinajstić information content (AvgIpc) is 2.85. The van der Waals surface area contributed by atoms with E-state index in [9.17, 15) is 14.0 Å². The zero-order valence-corrected chi connectivity index (χ0v) is 18.3. The van der Waals surface area contributed by atoms with Gasteiger partial charge in [0.15, 0.2) is 11.6 Å². The number of likely N-dealkylation sites (tertiary alicyclic amines) is 2. The van der Waals surface area contributed by atoms with Crippen LogP contribution in [0, 0.1) is 5.82 Å². The van der Waals surface area contributed by atoms with Crippen LogP contribution in [0.15, 0.2) is 48.5 Å². The van der Waals surface area contributed by atoms with E-state index >= 15 is 0 Å². The summed E-state index contributed by atoms with van der Waals surface area (Å²) in [6, 6.07) is 13.8. The molecule has 6 nitrogen and oxygen atoms in total. The third-order valence-electron chi connectivity index (χ3n) is 6.44. The molecule has 0 aliphatic carbocycles. The minimum atomic E-state index is -0.496. The molecule has 0 radical (unpaired) electrons. The predicted molar refractivity (Wildman–Crippen MR) is 118 cm³/mol. The number of ether oxygens (including phenoxy) is 2. The zero-order chi connectivity index (χ0) is 22.5. The number of nitrogens with zero attached hydrogens (tertiary/aromatic N) is 2. The van der Waals surface area contributed by atoms with Gasteiger partial charge in [-0.25, -0.2) is 9.18 Å². The van der Waals surface area contributed by atoms with Gasteiger partial charge in [-0.05, 0) is 49.9 Å². The highest BCUT2D eigenvalue weighted by molar-refractivity contribution is 6.05. The standard InChI is InChI=1S/C25H29FN2O4/c1-31-25(30)21-7-3-2-6-20(21)24(29)28-14-10-18(11-15-28)27-16-12-19(13-17-27)32-23-9-5-4-8-22(23)26/h2-9,18-19H,10-17H2,1H3. The normalized spacial score (nSPS) is 18.4. The van der Waals surface area contributed by atoms with Crippen LogP contribution in [0.3, 0.4) is 0 Å². The van der Waals surface area contributed by atoms with E-state index < -0.39 is 5.97 Å². The minimum Gasteiger partial charge on any atom is -0.487 e. The van der Waals surface area contributed by atoms with Crippen LogP contribution in [0.1, 0.15) is 46.4 Å². The highest BCUT2D eigenvalue weighted by Crippen LogP contribution is 2.26. The van der Waals surface area contributed by atoms with Crippen LogP contribution < -0.4 is 4.74 Å².